The van der Waals surface area contributed by atoms with Gasteiger partial charge in [-0.05, 0) is 56.2 Å². The first kappa shape index (κ1) is 15.5. The summed E-state index contributed by atoms with van der Waals surface area (Å²) in [6.07, 6.45) is 7.46. The van der Waals surface area contributed by atoms with Crippen molar-refractivity contribution in [2.24, 2.45) is 0 Å². The minimum Gasteiger partial charge on any atom is -0.385 e. The Hall–Kier alpha value is -0.860. The van der Waals surface area contributed by atoms with Gasteiger partial charge < -0.3 is 10.1 Å². The minimum atomic E-state index is 0.322. The van der Waals surface area contributed by atoms with Crippen LogP contribution in [0.2, 0.25) is 0 Å². The Morgan fingerprint density at radius 1 is 1.30 bits per heavy atom. The summed E-state index contributed by atoms with van der Waals surface area (Å²) in [7, 11) is 1.80. The van der Waals surface area contributed by atoms with Crippen molar-refractivity contribution in [2.75, 3.05) is 26.8 Å². The molecular formula is C18H29NO. The van der Waals surface area contributed by atoms with Crippen molar-refractivity contribution in [1.29, 1.82) is 0 Å². The van der Waals surface area contributed by atoms with Crippen LogP contribution in [0.25, 0.3) is 0 Å². The molecular weight excluding hydrogens is 246 g/mol. The van der Waals surface area contributed by atoms with Crippen LogP contribution >= 0.6 is 0 Å². The van der Waals surface area contributed by atoms with E-state index in [4.69, 9.17) is 4.74 Å². The second-order valence-electron chi connectivity index (χ2n) is 6.06. The van der Waals surface area contributed by atoms with E-state index in [1.54, 1.807) is 18.2 Å². The highest BCUT2D eigenvalue weighted by atomic mass is 16.5. The van der Waals surface area contributed by atoms with E-state index in [1.165, 1.54) is 32.1 Å². The van der Waals surface area contributed by atoms with Gasteiger partial charge in [-0.2, -0.15) is 0 Å². The Morgan fingerprint density at radius 3 is 2.95 bits per heavy atom. The lowest BCUT2D eigenvalue weighted by molar-refractivity contribution is 0.177. The summed E-state index contributed by atoms with van der Waals surface area (Å²) in [6.45, 7) is 5.34. The fraction of sp³-hybridized carbons (Fsp3) is 0.667. The number of rotatable bonds is 8. The Balaban J connectivity index is 2.17. The van der Waals surface area contributed by atoms with Crippen LogP contribution in [0.15, 0.2) is 24.3 Å². The van der Waals surface area contributed by atoms with E-state index in [1.807, 2.05) is 0 Å². The van der Waals surface area contributed by atoms with Crippen molar-refractivity contribution in [1.82, 2.24) is 5.32 Å². The van der Waals surface area contributed by atoms with Gasteiger partial charge in [-0.1, -0.05) is 31.2 Å². The van der Waals surface area contributed by atoms with Crippen LogP contribution in [-0.4, -0.2) is 26.8 Å². The van der Waals surface area contributed by atoms with E-state index < -0.39 is 0 Å². The summed E-state index contributed by atoms with van der Waals surface area (Å²) in [4.78, 5) is 0. The van der Waals surface area contributed by atoms with E-state index >= 15 is 0 Å². The van der Waals surface area contributed by atoms with E-state index in [0.717, 1.165) is 26.1 Å². The first-order valence-electron chi connectivity index (χ1n) is 8.10. The Morgan fingerprint density at radius 2 is 2.15 bits per heavy atom. The van der Waals surface area contributed by atoms with Crippen molar-refractivity contribution < 1.29 is 4.74 Å². The SMILES string of the molecule is CCCNCC1(CCCOC)CCCc2ccccc21. The molecule has 1 unspecified atom stereocenters. The first-order valence-corrected chi connectivity index (χ1v) is 8.10. The topological polar surface area (TPSA) is 21.3 Å². The normalized spacial score (nSPS) is 21.7. The van der Waals surface area contributed by atoms with Gasteiger partial charge in [0, 0.05) is 25.7 Å². The Kier molecular flexibility index (Phi) is 6.06. The molecule has 20 heavy (non-hydrogen) atoms. The van der Waals surface area contributed by atoms with Crippen molar-refractivity contribution >= 4 is 0 Å². The molecule has 0 saturated heterocycles. The van der Waals surface area contributed by atoms with Crippen LogP contribution in [0.3, 0.4) is 0 Å². The van der Waals surface area contributed by atoms with E-state index in [0.29, 0.717) is 5.41 Å². The van der Waals surface area contributed by atoms with Crippen LogP contribution in [0.5, 0.6) is 0 Å². The molecule has 0 fully saturated rings. The van der Waals surface area contributed by atoms with Gasteiger partial charge in [-0.25, -0.2) is 0 Å². The van der Waals surface area contributed by atoms with Crippen LogP contribution < -0.4 is 5.32 Å². The van der Waals surface area contributed by atoms with E-state index in [9.17, 15) is 0 Å². The lowest BCUT2D eigenvalue weighted by Gasteiger charge is -2.40. The van der Waals surface area contributed by atoms with Crippen LogP contribution in [0.4, 0.5) is 0 Å². The number of aryl methyl sites for hydroxylation is 1. The van der Waals surface area contributed by atoms with Gasteiger partial charge in [-0.3, -0.25) is 0 Å². The predicted octanol–water partition coefficient (Wildman–Crippen LogP) is 3.69. The van der Waals surface area contributed by atoms with E-state index in [-0.39, 0.29) is 0 Å². The summed E-state index contributed by atoms with van der Waals surface area (Å²) in [5.74, 6) is 0. The second-order valence-corrected chi connectivity index (χ2v) is 6.06. The lowest BCUT2D eigenvalue weighted by Crippen LogP contribution is -2.41. The third kappa shape index (κ3) is 3.62. The quantitative estimate of drug-likeness (QED) is 0.731. The monoisotopic (exact) mass is 275 g/mol. The van der Waals surface area contributed by atoms with Crippen molar-refractivity contribution in [2.45, 2.75) is 50.9 Å². The molecule has 2 nitrogen and oxygen atoms in total. The maximum absolute atomic E-state index is 5.27. The molecule has 0 aliphatic heterocycles. The zero-order chi connectivity index (χ0) is 14.3. The summed E-state index contributed by atoms with van der Waals surface area (Å²) in [6, 6.07) is 9.06. The zero-order valence-corrected chi connectivity index (χ0v) is 13.1. The zero-order valence-electron chi connectivity index (χ0n) is 13.1. The smallest absolute Gasteiger partial charge is 0.0462 e. The van der Waals surface area contributed by atoms with Crippen LogP contribution in [0.1, 0.15) is 50.2 Å². The summed E-state index contributed by atoms with van der Waals surface area (Å²) >= 11 is 0. The number of nitrogens with one attached hydrogen (secondary N) is 1. The van der Waals surface area contributed by atoms with Crippen molar-refractivity contribution in [3.8, 4) is 0 Å². The molecule has 2 rings (SSSR count). The third-order valence-electron chi connectivity index (χ3n) is 4.58. The molecule has 1 aromatic rings. The number of fused-ring (bicyclic) bond motifs is 1. The molecule has 2 heteroatoms. The average molecular weight is 275 g/mol. The van der Waals surface area contributed by atoms with E-state index in [2.05, 4.69) is 36.5 Å². The maximum atomic E-state index is 5.27. The average Bonchev–Trinajstić information content (AvgIpc) is 2.48. The number of hydrogen-bond acceptors (Lipinski definition) is 2. The minimum absolute atomic E-state index is 0.322. The molecule has 1 N–H and O–H groups in total. The predicted molar refractivity (Wildman–Crippen MR) is 85.3 cm³/mol. The molecule has 0 bridgehead atoms. The molecule has 1 aromatic carbocycles. The second kappa shape index (κ2) is 7.80. The largest absolute Gasteiger partial charge is 0.385 e. The Bertz CT molecular complexity index is 392. The van der Waals surface area contributed by atoms with Gasteiger partial charge in [-0.15, -0.1) is 0 Å². The fourth-order valence-electron chi connectivity index (χ4n) is 3.60. The fourth-order valence-corrected chi connectivity index (χ4v) is 3.60. The third-order valence-corrected chi connectivity index (χ3v) is 4.58. The summed E-state index contributed by atoms with van der Waals surface area (Å²) in [5.41, 5.74) is 3.48. The van der Waals surface area contributed by atoms with Gasteiger partial charge in [0.25, 0.3) is 0 Å². The molecule has 1 aliphatic rings. The van der Waals surface area contributed by atoms with Gasteiger partial charge in [0.15, 0.2) is 0 Å². The van der Waals surface area contributed by atoms with Crippen molar-refractivity contribution in [3.63, 3.8) is 0 Å². The highest BCUT2D eigenvalue weighted by molar-refractivity contribution is 5.37. The molecule has 0 amide bonds. The lowest BCUT2D eigenvalue weighted by atomic mass is 9.67. The van der Waals surface area contributed by atoms with Gasteiger partial charge in [0.2, 0.25) is 0 Å². The summed E-state index contributed by atoms with van der Waals surface area (Å²) < 4.78 is 5.27. The molecule has 0 radical (unpaired) electrons. The number of methoxy groups -OCH3 is 1. The van der Waals surface area contributed by atoms with Gasteiger partial charge >= 0.3 is 0 Å². The molecule has 0 saturated carbocycles. The van der Waals surface area contributed by atoms with Gasteiger partial charge in [0.05, 0.1) is 0 Å². The molecule has 0 spiro atoms. The van der Waals surface area contributed by atoms with Gasteiger partial charge in [0.1, 0.15) is 0 Å². The highest BCUT2D eigenvalue weighted by Crippen LogP contribution is 2.40. The van der Waals surface area contributed by atoms with Crippen LogP contribution in [0, 0.1) is 0 Å². The summed E-state index contributed by atoms with van der Waals surface area (Å²) in [5, 5.41) is 3.67. The standard InChI is InChI=1S/C18H29NO/c1-3-13-19-15-18(12-7-14-20-2)11-6-9-16-8-4-5-10-17(16)18/h4-5,8,10,19H,3,6-7,9,11-15H2,1-2H3. The van der Waals surface area contributed by atoms with Crippen molar-refractivity contribution in [3.05, 3.63) is 35.4 Å². The molecule has 1 aliphatic carbocycles. The number of hydrogen-bond donors (Lipinski definition) is 1. The number of ether oxygens (including phenoxy) is 1. The molecule has 0 heterocycles. The molecule has 112 valence electrons. The molecule has 0 aromatic heterocycles. The highest BCUT2D eigenvalue weighted by Gasteiger charge is 2.35. The Labute approximate surface area is 123 Å². The molecule has 1 atom stereocenters. The first-order chi connectivity index (χ1) is 9.82. The van der Waals surface area contributed by atoms with Crippen LogP contribution in [-0.2, 0) is 16.6 Å². The maximum Gasteiger partial charge on any atom is 0.0462 e. The number of benzene rings is 1.